The van der Waals surface area contributed by atoms with Gasteiger partial charge in [0.1, 0.15) is 0 Å². The van der Waals surface area contributed by atoms with Gasteiger partial charge in [0.05, 0.1) is 25.3 Å². The van der Waals surface area contributed by atoms with Crippen LogP contribution in [0.15, 0.2) is 40.9 Å². The fourth-order valence-electron chi connectivity index (χ4n) is 2.23. The van der Waals surface area contributed by atoms with E-state index in [1.54, 1.807) is 20.0 Å². The predicted octanol–water partition coefficient (Wildman–Crippen LogP) is 1.33. The number of aliphatic hydroxyl groups excluding tert-OH is 2. The van der Waals surface area contributed by atoms with Crippen molar-refractivity contribution in [1.82, 2.24) is 10.1 Å². The van der Waals surface area contributed by atoms with Crippen LogP contribution >= 0.6 is 0 Å². The molecular weight excluding hydrogens is 296 g/mol. The lowest BCUT2D eigenvalue weighted by atomic mass is 9.92. The Balaban J connectivity index is 1.99. The average molecular weight is 318 g/mol. The summed E-state index contributed by atoms with van der Waals surface area (Å²) in [6.07, 6.45) is 0.111. The summed E-state index contributed by atoms with van der Waals surface area (Å²) in [4.78, 5) is 13.7. The number of aromatic nitrogens is 1. The molecule has 0 radical (unpaired) electrons. The molecule has 0 aliphatic heterocycles. The molecule has 0 aliphatic rings. The fourth-order valence-corrected chi connectivity index (χ4v) is 2.23. The number of nitrogens with zero attached hydrogens (tertiary/aromatic N) is 2. The van der Waals surface area contributed by atoms with Crippen molar-refractivity contribution >= 4 is 5.91 Å². The number of carbonyl (C=O) groups is 1. The Bertz CT molecular complexity index is 635. The van der Waals surface area contributed by atoms with Crippen LogP contribution < -0.4 is 0 Å². The number of hydrogen-bond donors (Lipinski definition) is 2. The maximum absolute atomic E-state index is 12.2. The molecule has 0 atom stereocenters. The number of aliphatic hydroxyl groups is 2. The van der Waals surface area contributed by atoms with E-state index in [1.807, 2.05) is 30.3 Å². The van der Waals surface area contributed by atoms with Crippen LogP contribution in [0.2, 0.25) is 0 Å². The molecule has 0 saturated carbocycles. The van der Waals surface area contributed by atoms with E-state index in [9.17, 15) is 15.0 Å². The first kappa shape index (κ1) is 17.2. The topological polar surface area (TPSA) is 86.8 Å². The Hall–Kier alpha value is -2.18. The number of rotatable bonds is 7. The van der Waals surface area contributed by atoms with Crippen LogP contribution in [0.25, 0.3) is 11.3 Å². The number of amides is 1. The van der Waals surface area contributed by atoms with Gasteiger partial charge in [0.15, 0.2) is 5.76 Å². The van der Waals surface area contributed by atoms with Crippen molar-refractivity contribution in [2.75, 3.05) is 26.8 Å². The van der Waals surface area contributed by atoms with Gasteiger partial charge in [-0.3, -0.25) is 4.79 Å². The van der Waals surface area contributed by atoms with E-state index >= 15 is 0 Å². The van der Waals surface area contributed by atoms with Gasteiger partial charge in [0.2, 0.25) is 5.91 Å². The van der Waals surface area contributed by atoms with Crippen LogP contribution in [-0.4, -0.2) is 53.0 Å². The fraction of sp³-hybridized carbons (Fsp3) is 0.412. The van der Waals surface area contributed by atoms with Crippen molar-refractivity contribution < 1.29 is 19.5 Å². The van der Waals surface area contributed by atoms with E-state index in [0.29, 0.717) is 11.5 Å². The Morgan fingerprint density at radius 1 is 1.26 bits per heavy atom. The molecule has 0 aliphatic carbocycles. The third kappa shape index (κ3) is 4.40. The molecule has 0 spiro atoms. The largest absolute Gasteiger partial charge is 0.396 e. The van der Waals surface area contributed by atoms with Crippen LogP contribution in [0.3, 0.4) is 0 Å². The highest BCUT2D eigenvalue weighted by Gasteiger charge is 2.26. The molecular formula is C17H22N2O4. The first-order valence-corrected chi connectivity index (χ1v) is 7.44. The monoisotopic (exact) mass is 318 g/mol. The molecule has 0 fully saturated rings. The normalized spacial score (nSPS) is 11.5. The SMILES string of the molecule is CN(CC(C)(CO)CO)C(=O)Cc1cc(-c2ccccc2)on1. The summed E-state index contributed by atoms with van der Waals surface area (Å²) in [5.41, 5.74) is 0.735. The molecule has 0 unspecified atom stereocenters. The summed E-state index contributed by atoms with van der Waals surface area (Å²) < 4.78 is 5.27. The molecule has 1 amide bonds. The minimum absolute atomic E-state index is 0.111. The molecule has 1 aromatic carbocycles. The zero-order valence-electron chi connectivity index (χ0n) is 13.4. The van der Waals surface area contributed by atoms with Crippen molar-refractivity contribution in [2.24, 2.45) is 5.41 Å². The quantitative estimate of drug-likeness (QED) is 0.804. The smallest absolute Gasteiger partial charge is 0.228 e. The van der Waals surface area contributed by atoms with Crippen LogP contribution in [-0.2, 0) is 11.2 Å². The summed E-state index contributed by atoms with van der Waals surface area (Å²) in [5.74, 6) is 0.470. The number of carbonyl (C=O) groups excluding carboxylic acids is 1. The molecule has 23 heavy (non-hydrogen) atoms. The average Bonchev–Trinajstić information content (AvgIpc) is 3.04. The van der Waals surface area contributed by atoms with Crippen LogP contribution in [0.5, 0.6) is 0 Å². The second-order valence-electron chi connectivity index (χ2n) is 6.10. The van der Waals surface area contributed by atoms with E-state index in [4.69, 9.17) is 4.52 Å². The minimum Gasteiger partial charge on any atom is -0.396 e. The number of likely N-dealkylation sites (N-methyl/N-ethyl adjacent to an activating group) is 1. The van der Waals surface area contributed by atoms with Gasteiger partial charge >= 0.3 is 0 Å². The molecule has 0 bridgehead atoms. The van der Waals surface area contributed by atoms with Gasteiger partial charge < -0.3 is 19.6 Å². The van der Waals surface area contributed by atoms with E-state index in [-0.39, 0.29) is 32.1 Å². The highest BCUT2D eigenvalue weighted by molar-refractivity contribution is 5.78. The number of hydrogen-bond acceptors (Lipinski definition) is 5. The Kier molecular flexibility index (Phi) is 5.52. The Morgan fingerprint density at radius 3 is 2.52 bits per heavy atom. The standard InChI is InChI=1S/C17H22N2O4/c1-17(11-20,12-21)10-19(2)16(22)9-14-8-15(23-18-14)13-6-4-3-5-7-13/h3-8,20-21H,9-12H2,1-2H3. The molecule has 1 aromatic heterocycles. The Morgan fingerprint density at radius 2 is 1.91 bits per heavy atom. The van der Waals surface area contributed by atoms with E-state index in [0.717, 1.165) is 5.56 Å². The van der Waals surface area contributed by atoms with Crippen molar-refractivity contribution in [3.8, 4) is 11.3 Å². The van der Waals surface area contributed by atoms with Crippen molar-refractivity contribution in [1.29, 1.82) is 0 Å². The van der Waals surface area contributed by atoms with Crippen LogP contribution in [0, 0.1) is 5.41 Å². The zero-order valence-corrected chi connectivity index (χ0v) is 13.4. The second kappa shape index (κ2) is 7.39. The molecule has 2 rings (SSSR count). The molecule has 1 heterocycles. The summed E-state index contributed by atoms with van der Waals surface area (Å²) in [6.45, 7) is 1.61. The van der Waals surface area contributed by atoms with Crippen molar-refractivity contribution in [3.05, 3.63) is 42.1 Å². The van der Waals surface area contributed by atoms with E-state index < -0.39 is 5.41 Å². The van der Waals surface area contributed by atoms with E-state index in [1.165, 1.54) is 4.90 Å². The van der Waals surface area contributed by atoms with Crippen LogP contribution in [0.1, 0.15) is 12.6 Å². The second-order valence-corrected chi connectivity index (χ2v) is 6.10. The molecule has 2 N–H and O–H groups in total. The third-order valence-electron chi connectivity index (χ3n) is 3.76. The third-order valence-corrected chi connectivity index (χ3v) is 3.76. The first-order chi connectivity index (χ1) is 11.0. The zero-order chi connectivity index (χ0) is 16.9. The van der Waals surface area contributed by atoms with Gasteiger partial charge in [0.25, 0.3) is 0 Å². The molecule has 124 valence electrons. The lowest BCUT2D eigenvalue weighted by molar-refractivity contribution is -0.131. The number of benzene rings is 1. The maximum Gasteiger partial charge on any atom is 0.228 e. The van der Waals surface area contributed by atoms with Gasteiger partial charge in [-0.2, -0.15) is 0 Å². The molecule has 2 aromatic rings. The van der Waals surface area contributed by atoms with Crippen LogP contribution in [0.4, 0.5) is 0 Å². The summed E-state index contributed by atoms with van der Waals surface area (Å²) in [6, 6.07) is 11.3. The lowest BCUT2D eigenvalue weighted by Crippen LogP contribution is -2.42. The minimum atomic E-state index is -0.719. The highest BCUT2D eigenvalue weighted by Crippen LogP contribution is 2.20. The van der Waals surface area contributed by atoms with Gasteiger partial charge in [-0.05, 0) is 0 Å². The predicted molar refractivity (Wildman–Crippen MR) is 85.6 cm³/mol. The lowest BCUT2D eigenvalue weighted by Gasteiger charge is -2.30. The first-order valence-electron chi connectivity index (χ1n) is 7.44. The molecule has 0 saturated heterocycles. The summed E-state index contributed by atoms with van der Waals surface area (Å²) in [7, 11) is 1.64. The van der Waals surface area contributed by atoms with Gasteiger partial charge in [-0.1, -0.05) is 42.4 Å². The molecule has 6 nitrogen and oxygen atoms in total. The maximum atomic E-state index is 12.2. The van der Waals surface area contributed by atoms with E-state index in [2.05, 4.69) is 5.16 Å². The highest BCUT2D eigenvalue weighted by atomic mass is 16.5. The van der Waals surface area contributed by atoms with Gasteiger partial charge in [-0.25, -0.2) is 0 Å². The van der Waals surface area contributed by atoms with Gasteiger partial charge in [0, 0.05) is 30.6 Å². The van der Waals surface area contributed by atoms with Crippen molar-refractivity contribution in [3.63, 3.8) is 0 Å². The Labute approximate surface area is 135 Å². The summed E-state index contributed by atoms with van der Waals surface area (Å²) in [5, 5.41) is 22.6. The van der Waals surface area contributed by atoms with Gasteiger partial charge in [-0.15, -0.1) is 0 Å². The molecule has 6 heteroatoms. The van der Waals surface area contributed by atoms with Crippen molar-refractivity contribution in [2.45, 2.75) is 13.3 Å². The summed E-state index contributed by atoms with van der Waals surface area (Å²) >= 11 is 0.